The highest BCUT2D eigenvalue weighted by Crippen LogP contribution is 2.28. The summed E-state index contributed by atoms with van der Waals surface area (Å²) < 4.78 is 0. The molecule has 0 aliphatic carbocycles. The molecule has 2 aromatic heterocycles. The van der Waals surface area contributed by atoms with Gasteiger partial charge in [0.25, 0.3) is 5.91 Å². The Morgan fingerprint density at radius 1 is 1.00 bits per heavy atom. The lowest BCUT2D eigenvalue weighted by atomic mass is 10.1. The van der Waals surface area contributed by atoms with E-state index in [-0.39, 0.29) is 5.91 Å². The van der Waals surface area contributed by atoms with Crippen LogP contribution in [0.4, 0.5) is 22.2 Å². The molecule has 1 amide bonds. The van der Waals surface area contributed by atoms with Crippen molar-refractivity contribution in [3.8, 4) is 11.4 Å². The molecular formula is C26H27N7OS. The number of rotatable bonds is 6. The SMILES string of the molecule is Cc1ccc(C(=O)Nc2ccc(N3CCN(C)CC3)cc2)cc1Nc1nc(-c2ccncn2)cs1. The molecule has 2 N–H and O–H groups in total. The Hall–Kier alpha value is -3.82. The molecule has 0 saturated carbocycles. The molecule has 8 nitrogen and oxygen atoms in total. The van der Waals surface area contributed by atoms with Crippen LogP contribution in [-0.2, 0) is 0 Å². The summed E-state index contributed by atoms with van der Waals surface area (Å²) in [6, 6.07) is 15.5. The average molecular weight is 486 g/mol. The van der Waals surface area contributed by atoms with Crippen LogP contribution >= 0.6 is 11.3 Å². The monoisotopic (exact) mass is 485 g/mol. The zero-order chi connectivity index (χ0) is 24.2. The lowest BCUT2D eigenvalue weighted by Gasteiger charge is -2.34. The second kappa shape index (κ2) is 10.2. The summed E-state index contributed by atoms with van der Waals surface area (Å²) >= 11 is 1.49. The minimum absolute atomic E-state index is 0.152. The van der Waals surface area contributed by atoms with Gasteiger partial charge in [-0.05, 0) is 62.0 Å². The number of likely N-dealkylation sites (N-methyl/N-ethyl adjacent to an activating group) is 1. The number of anilines is 4. The van der Waals surface area contributed by atoms with E-state index in [0.29, 0.717) is 5.56 Å². The van der Waals surface area contributed by atoms with Gasteiger partial charge in [0.15, 0.2) is 5.13 Å². The summed E-state index contributed by atoms with van der Waals surface area (Å²) in [7, 11) is 2.15. The lowest BCUT2D eigenvalue weighted by Crippen LogP contribution is -2.44. The Balaban J connectivity index is 1.25. The largest absolute Gasteiger partial charge is 0.369 e. The molecule has 9 heteroatoms. The van der Waals surface area contributed by atoms with Gasteiger partial charge in [-0.25, -0.2) is 15.0 Å². The number of aromatic nitrogens is 3. The van der Waals surface area contributed by atoms with Crippen molar-refractivity contribution >= 4 is 39.4 Å². The Morgan fingerprint density at radius 2 is 1.80 bits per heavy atom. The van der Waals surface area contributed by atoms with Crippen molar-refractivity contribution in [2.45, 2.75) is 6.92 Å². The maximum Gasteiger partial charge on any atom is 0.255 e. The Bertz CT molecular complexity index is 1300. The quantitative estimate of drug-likeness (QED) is 0.411. The second-order valence-corrected chi connectivity index (χ2v) is 9.44. The summed E-state index contributed by atoms with van der Waals surface area (Å²) in [6.07, 6.45) is 3.20. The van der Waals surface area contributed by atoms with E-state index in [1.165, 1.54) is 23.4 Å². The van der Waals surface area contributed by atoms with Gasteiger partial charge in [-0.1, -0.05) is 6.07 Å². The van der Waals surface area contributed by atoms with Crippen molar-refractivity contribution in [1.29, 1.82) is 0 Å². The molecule has 0 spiro atoms. The van der Waals surface area contributed by atoms with Gasteiger partial charge >= 0.3 is 0 Å². The Labute approximate surface area is 208 Å². The zero-order valence-corrected chi connectivity index (χ0v) is 20.5. The summed E-state index contributed by atoms with van der Waals surface area (Å²) in [6.45, 7) is 6.15. The van der Waals surface area contributed by atoms with Crippen LogP contribution in [0.2, 0.25) is 0 Å². The molecule has 2 aromatic carbocycles. The van der Waals surface area contributed by atoms with E-state index in [2.05, 4.69) is 54.6 Å². The molecule has 178 valence electrons. The van der Waals surface area contributed by atoms with Gasteiger partial charge in [-0.2, -0.15) is 0 Å². The van der Waals surface area contributed by atoms with Crippen molar-refractivity contribution in [2.24, 2.45) is 0 Å². The molecule has 3 heterocycles. The highest BCUT2D eigenvalue weighted by molar-refractivity contribution is 7.14. The molecule has 5 rings (SSSR count). The van der Waals surface area contributed by atoms with Crippen LogP contribution < -0.4 is 15.5 Å². The fraction of sp³-hybridized carbons (Fsp3) is 0.231. The van der Waals surface area contributed by atoms with E-state index < -0.39 is 0 Å². The van der Waals surface area contributed by atoms with Crippen LogP contribution in [0.3, 0.4) is 0 Å². The number of hydrogen-bond acceptors (Lipinski definition) is 8. The van der Waals surface area contributed by atoms with Crippen molar-refractivity contribution in [1.82, 2.24) is 19.9 Å². The highest BCUT2D eigenvalue weighted by atomic mass is 32.1. The van der Waals surface area contributed by atoms with E-state index >= 15 is 0 Å². The molecule has 1 aliphatic heterocycles. The molecular weight excluding hydrogens is 458 g/mol. The van der Waals surface area contributed by atoms with Gasteiger partial charge in [0, 0.05) is 60.4 Å². The van der Waals surface area contributed by atoms with E-state index in [1.807, 2.05) is 48.7 Å². The van der Waals surface area contributed by atoms with Gasteiger partial charge in [0.1, 0.15) is 12.0 Å². The van der Waals surface area contributed by atoms with Crippen molar-refractivity contribution in [2.75, 3.05) is 48.8 Å². The highest BCUT2D eigenvalue weighted by Gasteiger charge is 2.15. The number of carbonyl (C=O) groups is 1. The molecule has 4 aromatic rings. The first-order valence-corrected chi connectivity index (χ1v) is 12.4. The summed E-state index contributed by atoms with van der Waals surface area (Å²) in [4.78, 5) is 30.5. The predicted octanol–water partition coefficient (Wildman–Crippen LogP) is 4.66. The van der Waals surface area contributed by atoms with Crippen LogP contribution in [0, 0.1) is 6.92 Å². The normalized spacial score (nSPS) is 14.1. The van der Waals surface area contributed by atoms with Crippen molar-refractivity contribution in [3.05, 3.63) is 77.6 Å². The molecule has 35 heavy (non-hydrogen) atoms. The zero-order valence-electron chi connectivity index (χ0n) is 19.7. The third-order valence-electron chi connectivity index (χ3n) is 6.08. The van der Waals surface area contributed by atoms with Crippen molar-refractivity contribution in [3.63, 3.8) is 0 Å². The van der Waals surface area contributed by atoms with Gasteiger partial charge in [0.05, 0.1) is 5.69 Å². The first-order valence-electron chi connectivity index (χ1n) is 11.5. The fourth-order valence-electron chi connectivity index (χ4n) is 3.93. The fourth-order valence-corrected chi connectivity index (χ4v) is 4.64. The van der Waals surface area contributed by atoms with Gasteiger partial charge in [-0.15, -0.1) is 11.3 Å². The van der Waals surface area contributed by atoms with Crippen LogP contribution in [-0.4, -0.2) is 59.0 Å². The number of amides is 1. The molecule has 1 saturated heterocycles. The summed E-state index contributed by atoms with van der Waals surface area (Å²) in [5.74, 6) is -0.152. The van der Waals surface area contributed by atoms with Gasteiger partial charge in [0.2, 0.25) is 0 Å². The molecule has 0 atom stereocenters. The molecule has 0 unspecified atom stereocenters. The van der Waals surface area contributed by atoms with Crippen LogP contribution in [0.1, 0.15) is 15.9 Å². The Kier molecular flexibility index (Phi) is 6.69. The number of piperazine rings is 1. The Morgan fingerprint density at radius 3 is 2.54 bits per heavy atom. The topological polar surface area (TPSA) is 86.3 Å². The van der Waals surface area contributed by atoms with E-state index in [4.69, 9.17) is 0 Å². The number of aryl methyl sites for hydroxylation is 1. The summed E-state index contributed by atoms with van der Waals surface area (Å²) in [5.41, 5.74) is 5.96. The standard InChI is InChI=1S/C26H27N7OS/c1-18-3-4-19(15-23(18)30-26-31-24(16-35-26)22-9-10-27-17-28-22)25(34)29-20-5-7-21(8-6-20)33-13-11-32(2)12-14-33/h3-10,15-17H,11-14H2,1-2H3,(H,29,34)(H,30,31). The molecule has 1 aliphatic rings. The van der Waals surface area contributed by atoms with E-state index in [9.17, 15) is 4.79 Å². The van der Waals surface area contributed by atoms with Crippen molar-refractivity contribution < 1.29 is 4.79 Å². The van der Waals surface area contributed by atoms with E-state index in [1.54, 1.807) is 6.20 Å². The first kappa shape index (κ1) is 22.9. The number of nitrogens with one attached hydrogen (secondary N) is 2. The number of thiazole rings is 1. The van der Waals surface area contributed by atoms with Crippen LogP contribution in [0.25, 0.3) is 11.4 Å². The van der Waals surface area contributed by atoms with Gasteiger partial charge in [-0.3, -0.25) is 4.79 Å². The van der Waals surface area contributed by atoms with Crippen LogP contribution in [0.15, 0.2) is 66.4 Å². The average Bonchev–Trinajstić information content (AvgIpc) is 3.35. The van der Waals surface area contributed by atoms with Crippen LogP contribution in [0.5, 0.6) is 0 Å². The number of nitrogens with zero attached hydrogens (tertiary/aromatic N) is 5. The number of carbonyl (C=O) groups excluding carboxylic acids is 1. The second-order valence-electron chi connectivity index (χ2n) is 8.58. The minimum Gasteiger partial charge on any atom is -0.369 e. The maximum atomic E-state index is 13.0. The third kappa shape index (κ3) is 5.47. The maximum absolute atomic E-state index is 13.0. The molecule has 0 bridgehead atoms. The lowest BCUT2D eigenvalue weighted by molar-refractivity contribution is 0.102. The van der Waals surface area contributed by atoms with E-state index in [0.717, 1.165) is 59.6 Å². The summed E-state index contributed by atoms with van der Waals surface area (Å²) in [5, 5.41) is 9.04. The third-order valence-corrected chi connectivity index (χ3v) is 6.84. The predicted molar refractivity (Wildman–Crippen MR) is 142 cm³/mol. The minimum atomic E-state index is -0.152. The molecule has 1 fully saturated rings. The number of hydrogen-bond donors (Lipinski definition) is 2. The first-order chi connectivity index (χ1) is 17.0. The smallest absolute Gasteiger partial charge is 0.255 e. The molecule has 0 radical (unpaired) electrons. The number of benzene rings is 2. The van der Waals surface area contributed by atoms with Gasteiger partial charge < -0.3 is 20.4 Å².